The Balaban J connectivity index is 1.60. The van der Waals surface area contributed by atoms with Crippen LogP contribution in [0.4, 0.5) is 5.69 Å². The van der Waals surface area contributed by atoms with E-state index < -0.39 is 0 Å². The Morgan fingerprint density at radius 1 is 1.00 bits per heavy atom. The largest absolute Gasteiger partial charge is 0.493 e. The van der Waals surface area contributed by atoms with Crippen LogP contribution in [-0.4, -0.2) is 35.2 Å². The van der Waals surface area contributed by atoms with Crippen molar-refractivity contribution in [2.45, 2.75) is 20.0 Å². The summed E-state index contributed by atoms with van der Waals surface area (Å²) in [6.45, 7) is 3.95. The van der Waals surface area contributed by atoms with Gasteiger partial charge in [0.1, 0.15) is 0 Å². The van der Waals surface area contributed by atoms with E-state index in [1.807, 2.05) is 86.6 Å². The summed E-state index contributed by atoms with van der Waals surface area (Å²) in [7, 11) is 1.62. The van der Waals surface area contributed by atoms with Crippen molar-refractivity contribution in [2.75, 3.05) is 7.11 Å². The molecule has 0 aliphatic rings. The number of nitrogens with one attached hydrogen (secondary N) is 2. The van der Waals surface area contributed by atoms with Gasteiger partial charge in [0.05, 0.1) is 36.1 Å². The van der Waals surface area contributed by atoms with Crippen molar-refractivity contribution in [1.82, 2.24) is 15.4 Å². The standard InChI is InChI=1S/C25H25N5O2/c1-17(2)32-22-14-13-18(15-23(22)31-3)16-26-30-25(27-19-9-5-4-6-10-19)24-28-20-11-7-8-12-21(20)29-24/h4-17H,1-3H3,(H,27,30)(H,28,29)/b26-16+. The quantitative estimate of drug-likeness (QED) is 0.245. The number of nitrogens with zero attached hydrogens (tertiary/aromatic N) is 3. The molecule has 0 bridgehead atoms. The third kappa shape index (κ3) is 5.13. The summed E-state index contributed by atoms with van der Waals surface area (Å²) in [5.74, 6) is 2.46. The van der Waals surface area contributed by atoms with Gasteiger partial charge in [0.2, 0.25) is 0 Å². The van der Waals surface area contributed by atoms with Gasteiger partial charge in [-0.2, -0.15) is 5.10 Å². The van der Waals surface area contributed by atoms with E-state index in [4.69, 9.17) is 9.47 Å². The first-order valence-electron chi connectivity index (χ1n) is 10.3. The number of H-pyrrole nitrogens is 1. The Morgan fingerprint density at radius 3 is 2.53 bits per heavy atom. The molecule has 0 amide bonds. The average molecular weight is 428 g/mol. The van der Waals surface area contributed by atoms with E-state index in [2.05, 4.69) is 25.5 Å². The van der Waals surface area contributed by atoms with Crippen molar-refractivity contribution >= 4 is 28.8 Å². The van der Waals surface area contributed by atoms with Crippen molar-refractivity contribution in [1.29, 1.82) is 0 Å². The van der Waals surface area contributed by atoms with Crippen LogP contribution in [0.15, 0.2) is 82.9 Å². The molecule has 1 aromatic heterocycles. The first-order valence-corrected chi connectivity index (χ1v) is 10.3. The first kappa shape index (κ1) is 21.1. The molecular formula is C25H25N5O2. The van der Waals surface area contributed by atoms with Crippen LogP contribution in [0.1, 0.15) is 25.2 Å². The van der Waals surface area contributed by atoms with Gasteiger partial charge in [-0.05, 0) is 61.9 Å². The second-order valence-electron chi connectivity index (χ2n) is 7.35. The van der Waals surface area contributed by atoms with E-state index in [-0.39, 0.29) is 6.10 Å². The molecule has 3 aromatic carbocycles. The van der Waals surface area contributed by atoms with Crippen LogP contribution < -0.4 is 14.9 Å². The van der Waals surface area contributed by atoms with Crippen molar-refractivity contribution < 1.29 is 9.47 Å². The molecule has 32 heavy (non-hydrogen) atoms. The molecule has 0 saturated carbocycles. The number of hydrazone groups is 1. The molecule has 4 aromatic rings. The normalized spacial score (nSPS) is 11.9. The third-order valence-electron chi connectivity index (χ3n) is 4.55. The van der Waals surface area contributed by atoms with Crippen molar-refractivity contribution in [3.05, 3.63) is 84.2 Å². The van der Waals surface area contributed by atoms with Gasteiger partial charge >= 0.3 is 0 Å². The highest BCUT2D eigenvalue weighted by Crippen LogP contribution is 2.28. The minimum atomic E-state index is 0.0608. The fraction of sp³-hybridized carbons (Fsp3) is 0.160. The maximum absolute atomic E-state index is 5.77. The van der Waals surface area contributed by atoms with Crippen LogP contribution in [0.5, 0.6) is 11.5 Å². The predicted molar refractivity (Wildman–Crippen MR) is 128 cm³/mol. The molecule has 0 aliphatic carbocycles. The van der Waals surface area contributed by atoms with Crippen LogP contribution in [0.2, 0.25) is 0 Å². The summed E-state index contributed by atoms with van der Waals surface area (Å²) in [6.07, 6.45) is 1.76. The van der Waals surface area contributed by atoms with Crippen LogP contribution >= 0.6 is 0 Å². The first-order chi connectivity index (χ1) is 15.6. The monoisotopic (exact) mass is 427 g/mol. The zero-order valence-electron chi connectivity index (χ0n) is 18.2. The van der Waals surface area contributed by atoms with Crippen LogP contribution in [0.25, 0.3) is 11.0 Å². The van der Waals surface area contributed by atoms with Gasteiger partial charge in [-0.25, -0.2) is 9.98 Å². The van der Waals surface area contributed by atoms with Gasteiger partial charge in [0.15, 0.2) is 23.2 Å². The molecule has 0 radical (unpaired) electrons. The predicted octanol–water partition coefficient (Wildman–Crippen LogP) is 5.06. The molecule has 7 nitrogen and oxygen atoms in total. The number of aliphatic imine (C=N–C) groups is 1. The fourth-order valence-electron chi connectivity index (χ4n) is 3.11. The number of rotatable bonds is 7. The molecular weight excluding hydrogens is 402 g/mol. The molecule has 0 aliphatic heterocycles. The van der Waals surface area contributed by atoms with Gasteiger partial charge in [-0.3, -0.25) is 5.43 Å². The fourth-order valence-corrected chi connectivity index (χ4v) is 3.11. The molecule has 162 valence electrons. The lowest BCUT2D eigenvalue weighted by molar-refractivity contribution is 0.230. The summed E-state index contributed by atoms with van der Waals surface area (Å²) < 4.78 is 11.2. The number of fused-ring (bicyclic) bond motifs is 1. The number of aromatic amines is 1. The van der Waals surface area contributed by atoms with E-state index >= 15 is 0 Å². The molecule has 0 atom stereocenters. The SMILES string of the molecule is COc1cc(/C=N/NC(=Nc2ccccc2)c2nc3ccccc3[nH]2)ccc1OC(C)C. The Morgan fingerprint density at radius 2 is 1.78 bits per heavy atom. The lowest BCUT2D eigenvalue weighted by atomic mass is 10.2. The Bertz CT molecular complexity index is 1210. The topological polar surface area (TPSA) is 83.9 Å². The van der Waals surface area contributed by atoms with Gasteiger partial charge in [0.25, 0.3) is 0 Å². The van der Waals surface area contributed by atoms with E-state index in [0.717, 1.165) is 22.3 Å². The molecule has 2 N–H and O–H groups in total. The highest BCUT2D eigenvalue weighted by molar-refractivity contribution is 6.00. The molecule has 0 unspecified atom stereocenters. The second-order valence-corrected chi connectivity index (χ2v) is 7.35. The van der Waals surface area contributed by atoms with E-state index in [9.17, 15) is 0 Å². The molecule has 4 rings (SSSR count). The van der Waals surface area contributed by atoms with Crippen molar-refractivity contribution in [2.24, 2.45) is 10.1 Å². The lowest BCUT2D eigenvalue weighted by Crippen LogP contribution is -2.20. The number of methoxy groups -OCH3 is 1. The summed E-state index contributed by atoms with van der Waals surface area (Å²) in [5.41, 5.74) is 6.47. The lowest BCUT2D eigenvalue weighted by Gasteiger charge is -2.13. The number of hydrogen-bond donors (Lipinski definition) is 2. The van der Waals surface area contributed by atoms with Gasteiger partial charge in [-0.1, -0.05) is 30.3 Å². The number of amidine groups is 1. The third-order valence-corrected chi connectivity index (χ3v) is 4.55. The summed E-state index contributed by atoms with van der Waals surface area (Å²) in [6, 6.07) is 23.2. The maximum Gasteiger partial charge on any atom is 0.190 e. The Hall–Kier alpha value is -4.13. The summed E-state index contributed by atoms with van der Waals surface area (Å²) in [5, 5.41) is 4.39. The Labute approximate surface area is 186 Å². The number of ether oxygens (including phenoxy) is 2. The zero-order valence-corrected chi connectivity index (χ0v) is 18.2. The highest BCUT2D eigenvalue weighted by atomic mass is 16.5. The smallest absolute Gasteiger partial charge is 0.190 e. The van der Waals surface area contributed by atoms with E-state index in [1.165, 1.54) is 0 Å². The maximum atomic E-state index is 5.77. The Kier molecular flexibility index (Phi) is 6.46. The van der Waals surface area contributed by atoms with Crippen LogP contribution in [0, 0.1) is 0 Å². The molecule has 0 fully saturated rings. The van der Waals surface area contributed by atoms with Gasteiger partial charge < -0.3 is 14.5 Å². The van der Waals surface area contributed by atoms with Crippen LogP contribution in [-0.2, 0) is 0 Å². The van der Waals surface area contributed by atoms with Crippen molar-refractivity contribution in [3.63, 3.8) is 0 Å². The molecule has 0 spiro atoms. The summed E-state index contributed by atoms with van der Waals surface area (Å²) in [4.78, 5) is 12.6. The number of benzene rings is 3. The minimum absolute atomic E-state index is 0.0608. The average Bonchev–Trinajstić information content (AvgIpc) is 3.24. The van der Waals surface area contributed by atoms with E-state index in [0.29, 0.717) is 23.2 Å². The molecule has 0 saturated heterocycles. The minimum Gasteiger partial charge on any atom is -0.493 e. The van der Waals surface area contributed by atoms with Gasteiger partial charge in [0, 0.05) is 0 Å². The van der Waals surface area contributed by atoms with Crippen LogP contribution in [0.3, 0.4) is 0 Å². The van der Waals surface area contributed by atoms with Crippen molar-refractivity contribution in [3.8, 4) is 11.5 Å². The number of aromatic nitrogens is 2. The number of imidazole rings is 1. The summed E-state index contributed by atoms with van der Waals surface area (Å²) >= 11 is 0. The zero-order chi connectivity index (χ0) is 22.3. The number of para-hydroxylation sites is 3. The highest BCUT2D eigenvalue weighted by Gasteiger charge is 2.10. The molecule has 1 heterocycles. The second kappa shape index (κ2) is 9.78. The van der Waals surface area contributed by atoms with Gasteiger partial charge in [-0.15, -0.1) is 0 Å². The number of hydrogen-bond acceptors (Lipinski definition) is 5. The molecule has 7 heteroatoms. The van der Waals surface area contributed by atoms with E-state index in [1.54, 1.807) is 13.3 Å².